The van der Waals surface area contributed by atoms with Crippen LogP contribution in [0.1, 0.15) is 16.7 Å². The van der Waals surface area contributed by atoms with Gasteiger partial charge < -0.3 is 0 Å². The molecule has 1 rings (SSSR count). The first kappa shape index (κ1) is 8.18. The van der Waals surface area contributed by atoms with Crippen LogP contribution >= 0.6 is 0 Å². The molecular weight excluding hydrogens is 146 g/mol. The molecule has 0 aliphatic rings. The van der Waals surface area contributed by atoms with E-state index in [1.165, 1.54) is 6.07 Å². The minimum atomic E-state index is -0.599. The van der Waals surface area contributed by atoms with Gasteiger partial charge in [0.1, 0.15) is 12.5 Å². The van der Waals surface area contributed by atoms with Crippen molar-refractivity contribution in [1.82, 2.24) is 0 Å². The van der Waals surface area contributed by atoms with E-state index in [1.807, 2.05) is 0 Å². The molecule has 0 heterocycles. The van der Waals surface area contributed by atoms with E-state index in [9.17, 15) is 8.78 Å². The standard InChI is InChI=1S/C9H10F2/c1-6-3-8(5-10)4-9(11)7(6)2/h3-4H,5H2,1-2H3. The highest BCUT2D eigenvalue weighted by Gasteiger charge is 2.02. The first-order valence-electron chi connectivity index (χ1n) is 3.46. The van der Waals surface area contributed by atoms with Crippen molar-refractivity contribution in [3.8, 4) is 0 Å². The molecule has 0 radical (unpaired) electrons. The summed E-state index contributed by atoms with van der Waals surface area (Å²) in [5.74, 6) is -0.322. The van der Waals surface area contributed by atoms with Gasteiger partial charge in [0.2, 0.25) is 0 Å². The summed E-state index contributed by atoms with van der Waals surface area (Å²) in [6.07, 6.45) is 0. The highest BCUT2D eigenvalue weighted by molar-refractivity contribution is 5.30. The molecule has 0 spiro atoms. The van der Waals surface area contributed by atoms with Crippen LogP contribution in [0.3, 0.4) is 0 Å². The van der Waals surface area contributed by atoms with E-state index < -0.39 is 6.67 Å². The first-order valence-corrected chi connectivity index (χ1v) is 3.46. The lowest BCUT2D eigenvalue weighted by molar-refractivity contribution is 0.481. The average molecular weight is 156 g/mol. The highest BCUT2D eigenvalue weighted by atomic mass is 19.1. The van der Waals surface area contributed by atoms with Gasteiger partial charge in [-0.05, 0) is 36.6 Å². The second-order valence-corrected chi connectivity index (χ2v) is 2.65. The summed E-state index contributed by atoms with van der Waals surface area (Å²) in [5, 5.41) is 0. The largest absolute Gasteiger partial charge is 0.246 e. The normalized spacial score (nSPS) is 10.2. The SMILES string of the molecule is Cc1cc(CF)cc(F)c1C. The van der Waals surface area contributed by atoms with Crippen LogP contribution in [0.15, 0.2) is 12.1 Å². The Morgan fingerprint density at radius 2 is 1.91 bits per heavy atom. The van der Waals surface area contributed by atoms with E-state index >= 15 is 0 Å². The highest BCUT2D eigenvalue weighted by Crippen LogP contribution is 2.15. The van der Waals surface area contributed by atoms with Crippen molar-refractivity contribution in [3.05, 3.63) is 34.6 Å². The average Bonchev–Trinajstić information content (AvgIpc) is 1.99. The van der Waals surface area contributed by atoms with Gasteiger partial charge in [0.15, 0.2) is 0 Å². The fraction of sp³-hybridized carbons (Fsp3) is 0.333. The monoisotopic (exact) mass is 156 g/mol. The van der Waals surface area contributed by atoms with E-state index in [0.717, 1.165) is 5.56 Å². The summed E-state index contributed by atoms with van der Waals surface area (Å²) >= 11 is 0. The molecule has 0 saturated heterocycles. The fourth-order valence-corrected chi connectivity index (χ4v) is 0.965. The molecule has 0 bridgehead atoms. The van der Waals surface area contributed by atoms with Crippen molar-refractivity contribution in [2.45, 2.75) is 20.5 Å². The summed E-state index contributed by atoms with van der Waals surface area (Å²) in [7, 11) is 0. The Morgan fingerprint density at radius 1 is 1.27 bits per heavy atom. The zero-order valence-electron chi connectivity index (χ0n) is 6.62. The minimum absolute atomic E-state index is 0.322. The van der Waals surface area contributed by atoms with E-state index in [0.29, 0.717) is 11.1 Å². The first-order chi connectivity index (χ1) is 5.15. The Hall–Kier alpha value is -0.920. The quantitative estimate of drug-likeness (QED) is 0.586. The molecule has 2 heteroatoms. The zero-order chi connectivity index (χ0) is 8.43. The van der Waals surface area contributed by atoms with Crippen molar-refractivity contribution in [1.29, 1.82) is 0 Å². The van der Waals surface area contributed by atoms with Gasteiger partial charge in [-0.2, -0.15) is 0 Å². The van der Waals surface area contributed by atoms with Crippen LogP contribution < -0.4 is 0 Å². The fourth-order valence-electron chi connectivity index (χ4n) is 0.965. The van der Waals surface area contributed by atoms with Gasteiger partial charge in [0.05, 0.1) is 0 Å². The predicted molar refractivity (Wildman–Crippen MR) is 40.7 cm³/mol. The van der Waals surface area contributed by atoms with Crippen LogP contribution in [-0.2, 0) is 6.67 Å². The Balaban J connectivity index is 3.21. The van der Waals surface area contributed by atoms with Crippen molar-refractivity contribution in [2.75, 3.05) is 0 Å². The van der Waals surface area contributed by atoms with Crippen molar-refractivity contribution >= 4 is 0 Å². The molecule has 0 saturated carbocycles. The molecule has 60 valence electrons. The van der Waals surface area contributed by atoms with Gasteiger partial charge in [0.25, 0.3) is 0 Å². The molecule has 0 aliphatic heterocycles. The van der Waals surface area contributed by atoms with Gasteiger partial charge in [-0.1, -0.05) is 6.07 Å². The summed E-state index contributed by atoms with van der Waals surface area (Å²) in [6, 6.07) is 2.90. The van der Waals surface area contributed by atoms with Gasteiger partial charge in [0, 0.05) is 0 Å². The van der Waals surface area contributed by atoms with E-state index in [2.05, 4.69) is 0 Å². The van der Waals surface area contributed by atoms with Crippen molar-refractivity contribution < 1.29 is 8.78 Å². The van der Waals surface area contributed by atoms with Crippen LogP contribution in [-0.4, -0.2) is 0 Å². The molecule has 0 aliphatic carbocycles. The number of alkyl halides is 1. The third kappa shape index (κ3) is 1.56. The topological polar surface area (TPSA) is 0 Å². The predicted octanol–water partition coefficient (Wildman–Crippen LogP) is 2.91. The second kappa shape index (κ2) is 2.99. The lowest BCUT2D eigenvalue weighted by atomic mass is 10.1. The molecule has 0 aromatic heterocycles. The van der Waals surface area contributed by atoms with Crippen molar-refractivity contribution in [3.63, 3.8) is 0 Å². The molecule has 0 amide bonds. The summed E-state index contributed by atoms with van der Waals surface area (Å²) in [6.45, 7) is 2.86. The van der Waals surface area contributed by atoms with Gasteiger partial charge in [-0.3, -0.25) is 0 Å². The maximum Gasteiger partial charge on any atom is 0.126 e. The third-order valence-corrected chi connectivity index (χ3v) is 1.82. The number of benzene rings is 1. The Kier molecular flexibility index (Phi) is 2.22. The smallest absolute Gasteiger partial charge is 0.126 e. The lowest BCUT2D eigenvalue weighted by Crippen LogP contribution is -1.90. The number of hydrogen-bond donors (Lipinski definition) is 0. The van der Waals surface area contributed by atoms with Crippen LogP contribution in [0, 0.1) is 19.7 Å². The zero-order valence-corrected chi connectivity index (χ0v) is 6.62. The molecule has 0 atom stereocenters. The lowest BCUT2D eigenvalue weighted by Gasteiger charge is -2.02. The molecule has 0 nitrogen and oxygen atoms in total. The summed E-state index contributed by atoms with van der Waals surface area (Å²) in [4.78, 5) is 0. The third-order valence-electron chi connectivity index (χ3n) is 1.82. The van der Waals surface area contributed by atoms with E-state index in [-0.39, 0.29) is 5.82 Å². The number of halogens is 2. The summed E-state index contributed by atoms with van der Waals surface area (Å²) < 4.78 is 24.9. The maximum atomic E-state index is 12.9. The van der Waals surface area contributed by atoms with Crippen LogP contribution in [0.2, 0.25) is 0 Å². The molecule has 0 fully saturated rings. The van der Waals surface area contributed by atoms with Crippen LogP contribution in [0.5, 0.6) is 0 Å². The number of aryl methyl sites for hydroxylation is 1. The number of rotatable bonds is 1. The molecule has 0 unspecified atom stereocenters. The molecule has 1 aromatic carbocycles. The molecule has 11 heavy (non-hydrogen) atoms. The van der Waals surface area contributed by atoms with Gasteiger partial charge in [-0.25, -0.2) is 8.78 Å². The van der Waals surface area contributed by atoms with Crippen LogP contribution in [0.4, 0.5) is 8.78 Å². The summed E-state index contributed by atoms with van der Waals surface area (Å²) in [5.41, 5.74) is 1.81. The Labute approximate surface area is 64.9 Å². The Bertz CT molecular complexity index is 243. The van der Waals surface area contributed by atoms with E-state index in [4.69, 9.17) is 0 Å². The number of hydrogen-bond acceptors (Lipinski definition) is 0. The van der Waals surface area contributed by atoms with Crippen molar-refractivity contribution in [2.24, 2.45) is 0 Å². The molecule has 0 N–H and O–H groups in total. The second-order valence-electron chi connectivity index (χ2n) is 2.65. The van der Waals surface area contributed by atoms with Crippen LogP contribution in [0.25, 0.3) is 0 Å². The van der Waals surface area contributed by atoms with E-state index in [1.54, 1.807) is 19.9 Å². The van der Waals surface area contributed by atoms with Gasteiger partial charge >= 0.3 is 0 Å². The van der Waals surface area contributed by atoms with Gasteiger partial charge in [-0.15, -0.1) is 0 Å². The molecule has 1 aromatic rings. The Morgan fingerprint density at radius 3 is 2.36 bits per heavy atom. The minimum Gasteiger partial charge on any atom is -0.246 e. The molecular formula is C9H10F2. The maximum absolute atomic E-state index is 12.9.